The van der Waals surface area contributed by atoms with Gasteiger partial charge in [0.2, 0.25) is 0 Å². The number of piperidine rings is 1. The Morgan fingerprint density at radius 3 is 2.50 bits per heavy atom. The van der Waals surface area contributed by atoms with Crippen molar-refractivity contribution in [3.05, 3.63) is 29.6 Å². The third kappa shape index (κ3) is 5.99. The van der Waals surface area contributed by atoms with E-state index in [1.165, 1.54) is 69.0 Å². The van der Waals surface area contributed by atoms with Gasteiger partial charge in [-0.25, -0.2) is 0 Å². The van der Waals surface area contributed by atoms with Crippen molar-refractivity contribution in [2.24, 2.45) is 28.5 Å². The summed E-state index contributed by atoms with van der Waals surface area (Å²) in [6.07, 6.45) is 16.6. The summed E-state index contributed by atoms with van der Waals surface area (Å²) < 4.78 is 0. The molecule has 3 aliphatic rings. The number of aliphatic imine (C=N–C) groups is 1. The van der Waals surface area contributed by atoms with Crippen molar-refractivity contribution in [2.75, 3.05) is 23.7 Å². The molecule has 0 amide bonds. The van der Waals surface area contributed by atoms with E-state index in [2.05, 4.69) is 40.3 Å². The van der Waals surface area contributed by atoms with E-state index in [4.69, 9.17) is 11.5 Å². The maximum absolute atomic E-state index is 6.49. The van der Waals surface area contributed by atoms with Gasteiger partial charge in [-0.3, -0.25) is 4.99 Å². The van der Waals surface area contributed by atoms with Gasteiger partial charge in [-0.1, -0.05) is 6.92 Å². The Balaban J connectivity index is 1.37. The molecule has 2 saturated carbocycles. The van der Waals surface area contributed by atoms with E-state index in [1.807, 2.05) is 13.1 Å². The summed E-state index contributed by atoms with van der Waals surface area (Å²) in [6.45, 7) is 6.55. The zero-order chi connectivity index (χ0) is 22.5. The minimum Gasteiger partial charge on any atom is -0.397 e. The summed E-state index contributed by atoms with van der Waals surface area (Å²) in [5.41, 5.74) is 17.2. The van der Waals surface area contributed by atoms with Crippen molar-refractivity contribution >= 4 is 23.3 Å². The van der Waals surface area contributed by atoms with Crippen molar-refractivity contribution in [2.45, 2.75) is 84.1 Å². The lowest BCUT2D eigenvalue weighted by Crippen LogP contribution is -2.36. The number of anilines is 2. The van der Waals surface area contributed by atoms with Crippen molar-refractivity contribution < 1.29 is 0 Å². The highest BCUT2D eigenvalue weighted by Gasteiger charge is 2.27. The minimum absolute atomic E-state index is 0.506. The first-order valence-electron chi connectivity index (χ1n) is 12.9. The van der Waals surface area contributed by atoms with Crippen molar-refractivity contribution in [3.63, 3.8) is 0 Å². The highest BCUT2D eigenvalue weighted by atomic mass is 15.1. The number of rotatable bonds is 8. The second-order valence-corrected chi connectivity index (χ2v) is 10.4. The van der Waals surface area contributed by atoms with Crippen LogP contribution in [0.25, 0.3) is 0 Å². The first kappa shape index (κ1) is 23.0. The normalized spacial score (nSPS) is 25.8. The van der Waals surface area contributed by atoms with Gasteiger partial charge in [-0.15, -0.1) is 0 Å². The summed E-state index contributed by atoms with van der Waals surface area (Å²) in [5.74, 6) is 3.04. The average molecular weight is 438 g/mol. The molecule has 0 spiro atoms. The fourth-order valence-electron chi connectivity index (χ4n) is 5.63. The van der Waals surface area contributed by atoms with E-state index in [-0.39, 0.29) is 0 Å². The molecule has 0 aromatic heterocycles. The molecule has 4 rings (SSSR count). The number of nitrogen functional groups attached to an aromatic ring is 1. The van der Waals surface area contributed by atoms with Crippen LogP contribution in [0, 0.1) is 17.8 Å². The molecule has 2 aliphatic carbocycles. The second kappa shape index (κ2) is 10.6. The number of hydrogen-bond donors (Lipinski definition) is 3. The zero-order valence-electron chi connectivity index (χ0n) is 20.2. The highest BCUT2D eigenvalue weighted by molar-refractivity contribution is 5.77. The molecule has 1 heterocycles. The first-order chi connectivity index (χ1) is 15.5. The van der Waals surface area contributed by atoms with Gasteiger partial charge in [0.1, 0.15) is 0 Å². The molecule has 1 aromatic carbocycles. The van der Waals surface area contributed by atoms with Gasteiger partial charge >= 0.3 is 0 Å². The summed E-state index contributed by atoms with van der Waals surface area (Å²) in [5, 5.41) is 3.60. The Morgan fingerprint density at radius 2 is 1.84 bits per heavy atom. The molecule has 1 aliphatic heterocycles. The van der Waals surface area contributed by atoms with Gasteiger partial charge in [0.25, 0.3) is 0 Å². The van der Waals surface area contributed by atoms with Gasteiger partial charge in [0.15, 0.2) is 0 Å². The number of allylic oxidation sites excluding steroid dienone is 1. The molecule has 1 saturated heterocycles. The highest BCUT2D eigenvalue weighted by Crippen LogP contribution is 2.38. The molecule has 5 heteroatoms. The molecule has 0 radical (unpaired) electrons. The molecule has 1 atom stereocenters. The SMILES string of the molecule is C/C=N\c1c(N)cc(N2CCCCC2)cc1C[C@H]1CC[C@@H](N/C(N)=C/C(C)C2CC2)CC1. The second-order valence-electron chi connectivity index (χ2n) is 10.4. The first-order valence-corrected chi connectivity index (χ1v) is 12.9. The largest absolute Gasteiger partial charge is 0.397 e. The van der Waals surface area contributed by atoms with Crippen molar-refractivity contribution in [3.8, 4) is 0 Å². The molecule has 3 fully saturated rings. The topological polar surface area (TPSA) is 79.7 Å². The number of hydrogen-bond acceptors (Lipinski definition) is 5. The van der Waals surface area contributed by atoms with Crippen LogP contribution in [-0.4, -0.2) is 25.3 Å². The maximum Gasteiger partial charge on any atom is 0.0923 e. The summed E-state index contributed by atoms with van der Waals surface area (Å²) in [7, 11) is 0. The lowest BCUT2D eigenvalue weighted by atomic mass is 9.82. The van der Waals surface area contributed by atoms with Crippen LogP contribution in [0.15, 0.2) is 29.0 Å². The maximum atomic E-state index is 6.49. The fraction of sp³-hybridized carbons (Fsp3) is 0.667. The zero-order valence-corrected chi connectivity index (χ0v) is 20.2. The number of benzene rings is 1. The van der Waals surface area contributed by atoms with Gasteiger partial charge in [0.05, 0.1) is 17.2 Å². The van der Waals surface area contributed by atoms with E-state index >= 15 is 0 Å². The van der Waals surface area contributed by atoms with Gasteiger partial charge < -0.3 is 21.7 Å². The van der Waals surface area contributed by atoms with Crippen LogP contribution in [-0.2, 0) is 6.42 Å². The number of nitrogens with two attached hydrogens (primary N) is 2. The minimum atomic E-state index is 0.506. The lowest BCUT2D eigenvalue weighted by Gasteiger charge is -2.32. The predicted molar refractivity (Wildman–Crippen MR) is 137 cm³/mol. The van der Waals surface area contributed by atoms with Gasteiger partial charge in [-0.05, 0) is 113 Å². The van der Waals surface area contributed by atoms with E-state index < -0.39 is 0 Å². The quantitative estimate of drug-likeness (QED) is 0.370. The molecule has 1 unspecified atom stereocenters. The standard InChI is InChI=1S/C27H43N5/c1-3-30-27-22(17-24(18-25(27)28)32-13-5-4-6-14-32)16-20-7-11-23(12-8-20)31-26(29)15-19(2)21-9-10-21/h3,15,17-21,23,31H,4-14,16,28-29H2,1-2H3/b26-15+,30-3-/t19?,20-,23+. The smallest absolute Gasteiger partial charge is 0.0923 e. The van der Waals surface area contributed by atoms with E-state index in [9.17, 15) is 0 Å². The lowest BCUT2D eigenvalue weighted by molar-refractivity contribution is 0.301. The Hall–Kier alpha value is -2.17. The third-order valence-electron chi connectivity index (χ3n) is 7.72. The fourth-order valence-corrected chi connectivity index (χ4v) is 5.63. The average Bonchev–Trinajstić information content (AvgIpc) is 3.63. The van der Waals surface area contributed by atoms with Gasteiger partial charge in [-0.2, -0.15) is 0 Å². The van der Waals surface area contributed by atoms with E-state index in [1.54, 1.807) is 0 Å². The molecular formula is C27H43N5. The molecule has 1 aromatic rings. The Bertz CT molecular complexity index is 812. The number of nitrogens with zero attached hydrogens (tertiary/aromatic N) is 2. The van der Waals surface area contributed by atoms with Crippen LogP contribution in [0.3, 0.4) is 0 Å². The van der Waals surface area contributed by atoms with Gasteiger partial charge in [0, 0.05) is 31.0 Å². The molecule has 5 nitrogen and oxygen atoms in total. The van der Waals surface area contributed by atoms with E-state index in [0.717, 1.165) is 42.6 Å². The van der Waals surface area contributed by atoms with Crippen LogP contribution in [0.1, 0.15) is 77.2 Å². The molecule has 0 bridgehead atoms. The van der Waals surface area contributed by atoms with Crippen LogP contribution in [0.4, 0.5) is 17.1 Å². The van der Waals surface area contributed by atoms with Crippen molar-refractivity contribution in [1.82, 2.24) is 5.32 Å². The van der Waals surface area contributed by atoms with E-state index in [0.29, 0.717) is 17.9 Å². The Morgan fingerprint density at radius 1 is 1.12 bits per heavy atom. The molecular weight excluding hydrogens is 394 g/mol. The Kier molecular flexibility index (Phi) is 7.64. The molecule has 5 N–H and O–H groups in total. The Labute approximate surface area is 194 Å². The summed E-state index contributed by atoms with van der Waals surface area (Å²) in [4.78, 5) is 7.16. The van der Waals surface area contributed by atoms with Crippen LogP contribution < -0.4 is 21.7 Å². The van der Waals surface area contributed by atoms with Crippen LogP contribution in [0.2, 0.25) is 0 Å². The number of nitrogens with one attached hydrogen (secondary N) is 1. The molecule has 176 valence electrons. The predicted octanol–water partition coefficient (Wildman–Crippen LogP) is 5.52. The van der Waals surface area contributed by atoms with Crippen LogP contribution in [0.5, 0.6) is 0 Å². The monoisotopic (exact) mass is 437 g/mol. The van der Waals surface area contributed by atoms with Crippen molar-refractivity contribution in [1.29, 1.82) is 0 Å². The van der Waals surface area contributed by atoms with Crippen LogP contribution >= 0.6 is 0 Å². The summed E-state index contributed by atoms with van der Waals surface area (Å²) >= 11 is 0. The third-order valence-corrected chi connectivity index (χ3v) is 7.72. The molecule has 32 heavy (non-hydrogen) atoms. The summed E-state index contributed by atoms with van der Waals surface area (Å²) in [6, 6.07) is 5.01.